The summed E-state index contributed by atoms with van der Waals surface area (Å²) in [5.74, 6) is -0.218. The van der Waals surface area contributed by atoms with Gasteiger partial charge in [-0.2, -0.15) is 0 Å². The lowest BCUT2D eigenvalue weighted by molar-refractivity contribution is 1.03. The van der Waals surface area contributed by atoms with E-state index in [4.69, 9.17) is 10.8 Å². The first-order valence-corrected chi connectivity index (χ1v) is 9.03. The van der Waals surface area contributed by atoms with Crippen molar-refractivity contribution in [2.24, 2.45) is 0 Å². The summed E-state index contributed by atoms with van der Waals surface area (Å²) in [6.45, 7) is 4.34. The summed E-state index contributed by atoms with van der Waals surface area (Å²) in [5.41, 5.74) is 6.54. The number of hydrogen-bond acceptors (Lipinski definition) is 4. The van der Waals surface area contributed by atoms with E-state index in [0.29, 0.717) is 0 Å². The maximum absolute atomic E-state index is 7.72. The molecule has 2 rings (SSSR count). The Kier molecular flexibility index (Phi) is 7.15. The number of hydrogen-bond donors (Lipinski definition) is 4. The third-order valence-corrected chi connectivity index (χ3v) is 4.43. The lowest BCUT2D eigenvalue weighted by Crippen LogP contribution is -2.08. The predicted octanol–water partition coefficient (Wildman–Crippen LogP) is 5.04. The Morgan fingerprint density at radius 1 is 0.962 bits per heavy atom. The topological polar surface area (TPSA) is 71.8 Å². The van der Waals surface area contributed by atoms with E-state index in [0.717, 1.165) is 35.4 Å². The van der Waals surface area contributed by atoms with Crippen molar-refractivity contribution >= 4 is 23.8 Å². The quantitative estimate of drug-likeness (QED) is 0.479. The average molecular weight is 348 g/mol. The van der Waals surface area contributed by atoms with E-state index in [1.54, 1.807) is 13.2 Å². The van der Waals surface area contributed by atoms with Crippen LogP contribution in [0, 0.1) is 10.8 Å². The Hall–Kier alpha value is -2.88. The highest BCUT2D eigenvalue weighted by Crippen LogP contribution is 2.25. The fourth-order valence-corrected chi connectivity index (χ4v) is 2.96. The van der Waals surface area contributed by atoms with Crippen LogP contribution in [-0.4, -0.2) is 19.5 Å². The van der Waals surface area contributed by atoms with Crippen LogP contribution in [0.3, 0.4) is 0 Å². The van der Waals surface area contributed by atoms with E-state index in [1.165, 1.54) is 23.6 Å². The Balaban J connectivity index is 2.23. The predicted molar refractivity (Wildman–Crippen MR) is 112 cm³/mol. The molecule has 0 saturated carbocycles. The summed E-state index contributed by atoms with van der Waals surface area (Å²) in [7, 11) is 1.80. The molecule has 0 amide bonds. The van der Waals surface area contributed by atoms with Gasteiger partial charge < -0.3 is 21.5 Å². The van der Waals surface area contributed by atoms with E-state index in [2.05, 4.69) is 42.7 Å². The van der Waals surface area contributed by atoms with Crippen molar-refractivity contribution in [3.63, 3.8) is 0 Å². The monoisotopic (exact) mass is 348 g/mol. The number of rotatable bonds is 9. The van der Waals surface area contributed by atoms with E-state index in [9.17, 15) is 0 Å². The van der Waals surface area contributed by atoms with Gasteiger partial charge in [-0.3, -0.25) is 0 Å². The van der Waals surface area contributed by atoms with Crippen molar-refractivity contribution in [1.29, 1.82) is 10.8 Å². The molecule has 4 nitrogen and oxygen atoms in total. The summed E-state index contributed by atoms with van der Waals surface area (Å²) >= 11 is 0. The molecule has 1 unspecified atom stereocenters. The first-order valence-electron chi connectivity index (χ1n) is 9.03. The lowest BCUT2D eigenvalue weighted by atomic mass is 9.93. The van der Waals surface area contributed by atoms with Crippen LogP contribution in [0.15, 0.2) is 54.2 Å². The van der Waals surface area contributed by atoms with E-state index in [-0.39, 0.29) is 5.92 Å². The Morgan fingerprint density at radius 2 is 1.58 bits per heavy atom. The van der Waals surface area contributed by atoms with Crippen molar-refractivity contribution in [3.05, 3.63) is 70.9 Å². The van der Waals surface area contributed by atoms with Gasteiger partial charge in [0.05, 0.1) is 0 Å². The third-order valence-electron chi connectivity index (χ3n) is 4.43. The van der Waals surface area contributed by atoms with Crippen molar-refractivity contribution in [3.8, 4) is 0 Å². The molecule has 0 bridgehead atoms. The van der Waals surface area contributed by atoms with Gasteiger partial charge in [0.1, 0.15) is 0 Å². The molecule has 0 radical (unpaired) electrons. The Labute approximate surface area is 156 Å². The van der Waals surface area contributed by atoms with Crippen LogP contribution in [0.25, 0.3) is 0 Å². The van der Waals surface area contributed by atoms with Crippen LogP contribution in [0.2, 0.25) is 0 Å². The molecule has 0 aliphatic heterocycles. The summed E-state index contributed by atoms with van der Waals surface area (Å²) in [6, 6.07) is 14.7. The summed E-state index contributed by atoms with van der Waals surface area (Å²) in [5, 5.41) is 21.7. The van der Waals surface area contributed by atoms with Crippen LogP contribution in [-0.2, 0) is 12.8 Å². The van der Waals surface area contributed by atoms with Crippen LogP contribution >= 0.6 is 0 Å². The first kappa shape index (κ1) is 19.4. The van der Waals surface area contributed by atoms with Gasteiger partial charge in [-0.25, -0.2) is 0 Å². The molecule has 0 fully saturated rings. The number of benzene rings is 2. The first-order chi connectivity index (χ1) is 12.6. The highest BCUT2D eigenvalue weighted by molar-refractivity contribution is 5.87. The SMILES string of the molecule is CCc1cc(CC)cc(Nc2ccc(C(C=N)/C(C=N)=C/NC)cc2)c1. The highest BCUT2D eigenvalue weighted by Gasteiger charge is 2.12. The molecule has 26 heavy (non-hydrogen) atoms. The molecule has 0 spiro atoms. The fraction of sp³-hybridized carbons (Fsp3) is 0.273. The standard InChI is InChI=1S/C22H28N4/c1-4-16-10-17(5-2)12-21(11-16)26-20-8-6-18(7-9-20)22(14-24)19(13-23)15-25-3/h6-15,22-26H,4-5H2,1-3H3/b19-15+,23-13?,24-14?. The largest absolute Gasteiger partial charge is 0.394 e. The zero-order valence-electron chi connectivity index (χ0n) is 15.8. The van der Waals surface area contributed by atoms with E-state index in [1.807, 2.05) is 24.3 Å². The second-order valence-electron chi connectivity index (χ2n) is 6.21. The summed E-state index contributed by atoms with van der Waals surface area (Å²) < 4.78 is 0. The zero-order chi connectivity index (χ0) is 18.9. The smallest absolute Gasteiger partial charge is 0.0465 e. The molecule has 136 valence electrons. The van der Waals surface area contributed by atoms with E-state index >= 15 is 0 Å². The minimum absolute atomic E-state index is 0.218. The molecule has 2 aromatic carbocycles. The minimum Gasteiger partial charge on any atom is -0.394 e. The maximum Gasteiger partial charge on any atom is 0.0465 e. The summed E-state index contributed by atoms with van der Waals surface area (Å²) in [6.07, 6.45) is 6.46. The van der Waals surface area contributed by atoms with Gasteiger partial charge in [-0.15, -0.1) is 0 Å². The molecule has 4 heteroatoms. The maximum atomic E-state index is 7.72. The number of allylic oxidation sites excluding steroid dienone is 1. The molecule has 1 atom stereocenters. The van der Waals surface area contributed by atoms with Crippen molar-refractivity contribution in [1.82, 2.24) is 5.32 Å². The van der Waals surface area contributed by atoms with Crippen molar-refractivity contribution in [2.75, 3.05) is 12.4 Å². The zero-order valence-corrected chi connectivity index (χ0v) is 15.8. The number of nitrogens with one attached hydrogen (secondary N) is 4. The van der Waals surface area contributed by atoms with Crippen LogP contribution in [0.4, 0.5) is 11.4 Å². The van der Waals surface area contributed by atoms with Gasteiger partial charge in [0.15, 0.2) is 0 Å². The molecular formula is C22H28N4. The Morgan fingerprint density at radius 3 is 2.04 bits per heavy atom. The molecule has 0 aliphatic carbocycles. The molecule has 4 N–H and O–H groups in total. The second kappa shape index (κ2) is 9.56. The third kappa shape index (κ3) is 4.82. The van der Waals surface area contributed by atoms with Gasteiger partial charge in [0.2, 0.25) is 0 Å². The Bertz CT molecular complexity index is 753. The van der Waals surface area contributed by atoms with Crippen LogP contribution in [0.5, 0.6) is 0 Å². The highest BCUT2D eigenvalue weighted by atomic mass is 14.9. The molecule has 0 heterocycles. The normalized spacial score (nSPS) is 12.3. The van der Waals surface area contributed by atoms with Crippen molar-refractivity contribution in [2.45, 2.75) is 32.6 Å². The number of aryl methyl sites for hydroxylation is 2. The van der Waals surface area contributed by atoms with Gasteiger partial charge >= 0.3 is 0 Å². The average Bonchev–Trinajstić information content (AvgIpc) is 2.68. The fourth-order valence-electron chi connectivity index (χ4n) is 2.96. The molecular weight excluding hydrogens is 320 g/mol. The van der Waals surface area contributed by atoms with Gasteiger partial charge in [-0.1, -0.05) is 32.0 Å². The second-order valence-corrected chi connectivity index (χ2v) is 6.21. The lowest BCUT2D eigenvalue weighted by Gasteiger charge is -2.15. The molecule has 2 aromatic rings. The number of anilines is 2. The summed E-state index contributed by atoms with van der Waals surface area (Å²) in [4.78, 5) is 0. The van der Waals surface area contributed by atoms with Crippen molar-refractivity contribution < 1.29 is 0 Å². The van der Waals surface area contributed by atoms with Gasteiger partial charge in [0, 0.05) is 43.0 Å². The van der Waals surface area contributed by atoms with Crippen LogP contribution in [0.1, 0.15) is 36.5 Å². The van der Waals surface area contributed by atoms with Gasteiger partial charge in [-0.05, 0) is 59.4 Å². The molecule has 0 aliphatic rings. The molecule has 0 saturated heterocycles. The minimum atomic E-state index is -0.218. The molecule has 0 aromatic heterocycles. The van der Waals surface area contributed by atoms with Gasteiger partial charge in [0.25, 0.3) is 0 Å². The van der Waals surface area contributed by atoms with E-state index < -0.39 is 0 Å². The van der Waals surface area contributed by atoms with Crippen LogP contribution < -0.4 is 10.6 Å².